The molecule has 0 atom stereocenters. The molecule has 0 spiro atoms. The van der Waals surface area contributed by atoms with Crippen LogP contribution >= 0.6 is 11.3 Å². The maximum Gasteiger partial charge on any atom is 0.0907 e. The highest BCUT2D eigenvalue weighted by atomic mass is 32.1. The Bertz CT molecular complexity index is 4470. The molecule has 0 saturated heterocycles. The number of thiazole rings is 1. The van der Waals surface area contributed by atoms with E-state index in [0.717, 1.165) is 65.4 Å². The van der Waals surface area contributed by atoms with Gasteiger partial charge in [-0.25, -0.2) is 4.98 Å². The Hall–Kier alpha value is -9.04. The monoisotopic (exact) mass is 1070 g/mol. The lowest BCUT2D eigenvalue weighted by atomic mass is 10.0. The first-order valence-electron chi connectivity index (χ1n) is 28.0. The van der Waals surface area contributed by atoms with E-state index >= 15 is 0 Å². The predicted molar refractivity (Wildman–Crippen MR) is 351 cm³/mol. The molecule has 6 nitrogen and oxygen atoms in total. The fourth-order valence-corrected chi connectivity index (χ4v) is 12.5. The van der Waals surface area contributed by atoms with E-state index in [2.05, 4.69) is 279 Å². The van der Waals surface area contributed by atoms with Gasteiger partial charge < -0.3 is 0 Å². The minimum absolute atomic E-state index is 1.01. The van der Waals surface area contributed by atoms with Crippen LogP contribution < -0.4 is 0 Å². The second-order valence-electron chi connectivity index (χ2n) is 21.9. The Morgan fingerprint density at radius 1 is 0.309 bits per heavy atom. The van der Waals surface area contributed by atoms with Crippen LogP contribution in [0.15, 0.2) is 225 Å². The lowest BCUT2D eigenvalue weighted by Gasteiger charge is -2.02. The van der Waals surface area contributed by atoms with Gasteiger partial charge >= 0.3 is 0 Å². The highest BCUT2D eigenvalue weighted by Crippen LogP contribution is 2.37. The molecule has 0 unspecified atom stereocenters. The fourth-order valence-electron chi connectivity index (χ4n) is 11.5. The lowest BCUT2D eigenvalue weighted by molar-refractivity contribution is 1.34. The third-order valence-electron chi connectivity index (χ3n) is 15.3. The van der Waals surface area contributed by atoms with Crippen molar-refractivity contribution in [3.05, 3.63) is 239 Å². The molecule has 7 heteroatoms. The van der Waals surface area contributed by atoms with Crippen molar-refractivity contribution in [1.29, 1.82) is 0 Å². The SMILES string of the molecule is CC1=Nc2c(ccc3ccccc23)C1.CC1=Nc2cc3ccccc3cc2C1.CC1=Nc2cc3ccccc3cc2C1.CC1=Nc2ccc(C)cc2C1.CC1=Nc2ccc3ccccc3c2C1.Cc1nc2ccc3ccccc3c2s1. The third kappa shape index (κ3) is 11.7. The van der Waals surface area contributed by atoms with Gasteiger partial charge in [0, 0.05) is 71.4 Å². The van der Waals surface area contributed by atoms with Gasteiger partial charge in [-0.05, 0) is 162 Å². The number of rotatable bonds is 0. The fraction of sp³-hybridized carbons (Fsp3) is 0.162. The van der Waals surface area contributed by atoms with E-state index in [9.17, 15) is 0 Å². The number of aryl methyl sites for hydroxylation is 2. The van der Waals surface area contributed by atoms with Crippen LogP contribution in [0.4, 0.5) is 28.4 Å². The van der Waals surface area contributed by atoms with Crippen LogP contribution in [0.25, 0.3) is 64.1 Å². The van der Waals surface area contributed by atoms with Gasteiger partial charge in [0.25, 0.3) is 0 Å². The highest BCUT2D eigenvalue weighted by molar-refractivity contribution is 7.19. The van der Waals surface area contributed by atoms with E-state index in [4.69, 9.17) is 0 Å². The average Bonchev–Trinajstić information content (AvgIpc) is 4.50. The smallest absolute Gasteiger partial charge is 0.0907 e. The van der Waals surface area contributed by atoms with Gasteiger partial charge in [0.1, 0.15) is 0 Å². The molecule has 0 amide bonds. The van der Waals surface area contributed by atoms with E-state index in [1.54, 1.807) is 11.3 Å². The predicted octanol–water partition coefficient (Wildman–Crippen LogP) is 20.4. The van der Waals surface area contributed by atoms with E-state index < -0.39 is 0 Å². The van der Waals surface area contributed by atoms with Crippen molar-refractivity contribution in [2.24, 2.45) is 25.0 Å². The minimum Gasteiger partial charge on any atom is -0.257 e. The molecule has 5 aliphatic heterocycles. The first kappa shape index (κ1) is 52.6. The number of fused-ring (bicyclic) bond motifs is 14. The van der Waals surface area contributed by atoms with E-state index in [-0.39, 0.29) is 0 Å². The lowest BCUT2D eigenvalue weighted by Crippen LogP contribution is -1.89. The van der Waals surface area contributed by atoms with Gasteiger partial charge in [-0.1, -0.05) is 163 Å². The van der Waals surface area contributed by atoms with Crippen molar-refractivity contribution in [3.63, 3.8) is 0 Å². The molecule has 0 fully saturated rings. The minimum atomic E-state index is 1.01. The zero-order valence-corrected chi connectivity index (χ0v) is 48.0. The summed E-state index contributed by atoms with van der Waals surface area (Å²) in [4.78, 5) is 27.0. The van der Waals surface area contributed by atoms with Gasteiger partial charge in [-0.3, -0.25) is 25.0 Å². The molecule has 0 N–H and O–H groups in total. The molecule has 0 saturated carbocycles. The van der Waals surface area contributed by atoms with Gasteiger partial charge in [0.05, 0.1) is 43.7 Å². The standard InChI is InChI=1S/4C13H11N.C12H9NS.C10H11N/c2*1-9-6-12-7-10-4-2-3-5-11(10)8-13(12)14-9;1-9-8-11-7-6-10-4-2-3-5-12(10)13(11)14-9;1-9-8-12-11-5-3-2-4-10(11)6-7-13(12)14-9;1-8-13-11-7-6-9-4-2-3-5-10(9)12(11)14-8;1-7-3-4-10-9(5-7)6-8(2)11-10/h2*2-5,7-8H,6H2,1H3;2*2-7H,8H2,1H3;2-7H,1H3;3-5H,6H2,1-2H3. The summed E-state index contributed by atoms with van der Waals surface area (Å²) in [6.45, 7) is 14.6. The van der Waals surface area contributed by atoms with Crippen LogP contribution in [0.1, 0.15) is 73.0 Å². The second-order valence-corrected chi connectivity index (χ2v) is 23.1. The Morgan fingerprint density at radius 3 is 1.35 bits per heavy atom. The maximum atomic E-state index is 4.60. The van der Waals surface area contributed by atoms with Gasteiger partial charge in [-0.15, -0.1) is 11.3 Å². The molecule has 0 aliphatic carbocycles. The Balaban J connectivity index is 0.0000000966. The van der Waals surface area contributed by atoms with Gasteiger partial charge in [-0.2, -0.15) is 0 Å². The zero-order chi connectivity index (χ0) is 55.6. The third-order valence-corrected chi connectivity index (χ3v) is 16.3. The van der Waals surface area contributed by atoms with Crippen molar-refractivity contribution in [2.75, 3.05) is 0 Å². The normalized spacial score (nSPS) is 13.7. The molecule has 1 aromatic heterocycles. The van der Waals surface area contributed by atoms with Crippen LogP contribution in [0.3, 0.4) is 0 Å². The zero-order valence-electron chi connectivity index (χ0n) is 47.2. The number of hydrogen-bond acceptors (Lipinski definition) is 7. The van der Waals surface area contributed by atoms with Gasteiger partial charge in [0.15, 0.2) is 0 Å². The summed E-state index contributed by atoms with van der Waals surface area (Å²) in [6.07, 6.45) is 5.09. The van der Waals surface area contributed by atoms with Crippen LogP contribution in [0.2, 0.25) is 0 Å². The number of nitrogens with zero attached hydrogens (tertiary/aromatic N) is 6. The van der Waals surface area contributed by atoms with E-state index in [1.165, 1.54) is 126 Å². The van der Waals surface area contributed by atoms with Gasteiger partial charge in [0.2, 0.25) is 0 Å². The number of hydrogen-bond donors (Lipinski definition) is 0. The summed E-state index contributed by atoms with van der Waals surface area (Å²) in [7, 11) is 0. The summed E-state index contributed by atoms with van der Waals surface area (Å²) in [5.41, 5.74) is 21.2. The molecule has 17 rings (SSSR count). The average molecular weight is 1070 g/mol. The Morgan fingerprint density at radius 2 is 0.728 bits per heavy atom. The first-order valence-corrected chi connectivity index (χ1v) is 28.9. The highest BCUT2D eigenvalue weighted by Gasteiger charge is 2.17. The molecule has 6 heterocycles. The summed E-state index contributed by atoms with van der Waals surface area (Å²) in [5.74, 6) is 0. The van der Waals surface area contributed by atoms with Crippen molar-refractivity contribution >= 4 is 132 Å². The molecule has 396 valence electrons. The summed E-state index contributed by atoms with van der Waals surface area (Å²) >= 11 is 1.77. The summed E-state index contributed by atoms with van der Waals surface area (Å²) in [5, 5.41) is 14.2. The molecular weight excluding hydrogens is 1000 g/mol. The Labute approximate surface area is 478 Å². The number of benzene rings is 11. The van der Waals surface area contributed by atoms with Crippen LogP contribution in [-0.4, -0.2) is 33.5 Å². The quantitative estimate of drug-likeness (QED) is 0.149. The number of aromatic nitrogens is 1. The van der Waals surface area contributed by atoms with Crippen LogP contribution in [-0.2, 0) is 32.1 Å². The molecule has 5 aliphatic rings. The van der Waals surface area contributed by atoms with Crippen molar-refractivity contribution in [3.8, 4) is 0 Å². The Kier molecular flexibility index (Phi) is 14.9. The molecule has 0 bridgehead atoms. The van der Waals surface area contributed by atoms with Crippen molar-refractivity contribution < 1.29 is 0 Å². The van der Waals surface area contributed by atoms with Crippen LogP contribution in [0, 0.1) is 13.8 Å². The largest absolute Gasteiger partial charge is 0.257 e. The molecule has 11 aromatic carbocycles. The maximum absolute atomic E-state index is 4.60. The summed E-state index contributed by atoms with van der Waals surface area (Å²) < 4.78 is 1.31. The molecule has 12 aromatic rings. The van der Waals surface area contributed by atoms with Crippen molar-refractivity contribution in [1.82, 2.24) is 4.98 Å². The second kappa shape index (κ2) is 23.0. The van der Waals surface area contributed by atoms with E-state index in [0.29, 0.717) is 0 Å². The van der Waals surface area contributed by atoms with Crippen LogP contribution in [0.5, 0.6) is 0 Å². The van der Waals surface area contributed by atoms with E-state index in [1.807, 2.05) is 0 Å². The molecule has 81 heavy (non-hydrogen) atoms. The van der Waals surface area contributed by atoms with Crippen molar-refractivity contribution in [2.45, 2.75) is 80.6 Å². The first-order chi connectivity index (χ1) is 39.4. The molecular formula is C74H64N6S. The topological polar surface area (TPSA) is 74.7 Å². The summed E-state index contributed by atoms with van der Waals surface area (Å²) in [6, 6.07) is 70.5. The number of aliphatic imine (C=N–C) groups is 5. The molecule has 0 radical (unpaired) electrons.